The lowest BCUT2D eigenvalue weighted by molar-refractivity contribution is -0.144. The van der Waals surface area contributed by atoms with Crippen LogP contribution < -0.4 is 5.32 Å². The van der Waals surface area contributed by atoms with Crippen molar-refractivity contribution in [1.29, 1.82) is 0 Å². The van der Waals surface area contributed by atoms with Gasteiger partial charge in [-0.05, 0) is 45.3 Å². The maximum atomic E-state index is 11.3. The lowest BCUT2D eigenvalue weighted by Gasteiger charge is -2.26. The minimum Gasteiger partial charge on any atom is -0.480 e. The Balaban J connectivity index is 2.19. The van der Waals surface area contributed by atoms with Crippen molar-refractivity contribution >= 4 is 17.7 Å². The second kappa shape index (κ2) is 7.50. The van der Waals surface area contributed by atoms with Gasteiger partial charge >= 0.3 is 5.97 Å². The smallest absolute Gasteiger partial charge is 0.323 e. The summed E-state index contributed by atoms with van der Waals surface area (Å²) in [4.78, 5) is 11.3. The highest BCUT2D eigenvalue weighted by molar-refractivity contribution is 7.99. The molecule has 3 N–H and O–H groups in total. The Morgan fingerprint density at radius 1 is 1.42 bits per heavy atom. The van der Waals surface area contributed by atoms with Gasteiger partial charge in [0.1, 0.15) is 5.54 Å². The molecule has 1 fully saturated rings. The van der Waals surface area contributed by atoms with Gasteiger partial charge in [0.15, 0.2) is 0 Å². The highest BCUT2D eigenvalue weighted by Crippen LogP contribution is 2.26. The van der Waals surface area contributed by atoms with Gasteiger partial charge in [-0.15, -0.1) is 0 Å². The van der Waals surface area contributed by atoms with Crippen LogP contribution in [0.5, 0.6) is 0 Å². The number of aliphatic hydroxyl groups excluding tert-OH is 1. The summed E-state index contributed by atoms with van der Waals surface area (Å²) in [6.07, 6.45) is 4.49. The number of unbranched alkanes of at least 4 members (excludes halogenated alkanes) is 1. The molecule has 1 aliphatic rings. The van der Waals surface area contributed by atoms with E-state index in [1.54, 1.807) is 25.6 Å². The zero-order valence-corrected chi connectivity index (χ0v) is 13.0. The summed E-state index contributed by atoms with van der Waals surface area (Å²) < 4.78 is 0. The van der Waals surface area contributed by atoms with E-state index in [1.165, 1.54) is 0 Å². The van der Waals surface area contributed by atoms with Crippen molar-refractivity contribution in [1.82, 2.24) is 5.32 Å². The van der Waals surface area contributed by atoms with Gasteiger partial charge in [0.25, 0.3) is 0 Å². The van der Waals surface area contributed by atoms with Gasteiger partial charge in [-0.25, -0.2) is 0 Å². The molecule has 1 saturated carbocycles. The topological polar surface area (TPSA) is 69.6 Å². The number of rotatable bonds is 10. The number of aliphatic hydroxyl groups is 1. The van der Waals surface area contributed by atoms with Crippen molar-refractivity contribution in [3.63, 3.8) is 0 Å². The van der Waals surface area contributed by atoms with Crippen LogP contribution in [0.25, 0.3) is 0 Å². The van der Waals surface area contributed by atoms with Crippen molar-refractivity contribution in [3.05, 3.63) is 0 Å². The average molecular weight is 289 g/mol. The molecule has 1 rings (SSSR count). The summed E-state index contributed by atoms with van der Waals surface area (Å²) in [7, 11) is 0. The molecule has 0 radical (unpaired) electrons. The van der Waals surface area contributed by atoms with E-state index in [2.05, 4.69) is 5.32 Å². The van der Waals surface area contributed by atoms with E-state index in [9.17, 15) is 15.0 Å². The summed E-state index contributed by atoms with van der Waals surface area (Å²) in [6, 6.07) is 0.408. The molecule has 3 unspecified atom stereocenters. The van der Waals surface area contributed by atoms with Crippen molar-refractivity contribution in [2.45, 2.75) is 75.8 Å². The van der Waals surface area contributed by atoms with Crippen molar-refractivity contribution < 1.29 is 15.0 Å². The first-order valence-electron chi connectivity index (χ1n) is 7.16. The first-order chi connectivity index (χ1) is 8.85. The van der Waals surface area contributed by atoms with Crippen LogP contribution in [0.4, 0.5) is 0 Å². The SMILES string of the molecule is CC(O)C(C)SCCCCC(C)(NC1CC1)C(=O)O. The Kier molecular flexibility index (Phi) is 6.63. The third-order valence-corrected chi connectivity index (χ3v) is 5.15. The fraction of sp³-hybridized carbons (Fsp3) is 0.929. The average Bonchev–Trinajstić information content (AvgIpc) is 3.11. The minimum atomic E-state index is -0.776. The third kappa shape index (κ3) is 6.15. The fourth-order valence-electron chi connectivity index (χ4n) is 1.91. The van der Waals surface area contributed by atoms with Crippen LogP contribution in [0.15, 0.2) is 0 Å². The van der Waals surface area contributed by atoms with Crippen LogP contribution >= 0.6 is 11.8 Å². The van der Waals surface area contributed by atoms with Crippen molar-refractivity contribution in [2.24, 2.45) is 0 Å². The fourth-order valence-corrected chi connectivity index (χ4v) is 2.93. The van der Waals surface area contributed by atoms with Gasteiger partial charge in [-0.3, -0.25) is 10.1 Å². The molecule has 5 heteroatoms. The van der Waals surface area contributed by atoms with Gasteiger partial charge in [0.05, 0.1) is 6.10 Å². The first kappa shape index (κ1) is 16.8. The van der Waals surface area contributed by atoms with Crippen LogP contribution in [0.2, 0.25) is 0 Å². The molecule has 4 nitrogen and oxygen atoms in total. The van der Waals surface area contributed by atoms with Crippen molar-refractivity contribution in [2.75, 3.05) is 5.75 Å². The van der Waals surface area contributed by atoms with E-state index in [1.807, 2.05) is 6.92 Å². The molecular weight excluding hydrogens is 262 g/mol. The van der Waals surface area contributed by atoms with Crippen LogP contribution in [0.3, 0.4) is 0 Å². The van der Waals surface area contributed by atoms with Gasteiger partial charge in [0.2, 0.25) is 0 Å². The van der Waals surface area contributed by atoms with Gasteiger partial charge in [0, 0.05) is 11.3 Å². The van der Waals surface area contributed by atoms with Crippen molar-refractivity contribution in [3.8, 4) is 0 Å². The minimum absolute atomic E-state index is 0.246. The van der Waals surface area contributed by atoms with Gasteiger partial charge < -0.3 is 10.2 Å². The molecule has 19 heavy (non-hydrogen) atoms. The van der Waals surface area contributed by atoms with Crippen LogP contribution in [0.1, 0.15) is 52.9 Å². The highest BCUT2D eigenvalue weighted by atomic mass is 32.2. The summed E-state index contributed by atoms with van der Waals surface area (Å²) in [5.74, 6) is 0.231. The molecule has 3 atom stereocenters. The Bertz CT molecular complexity index is 294. The number of thioether (sulfide) groups is 1. The Hall–Kier alpha value is -0.260. The standard InChI is InChI=1S/C14H27NO3S/c1-10(16)11(2)19-9-5-4-8-14(3,13(17)18)15-12-6-7-12/h10-12,15-16H,4-9H2,1-3H3,(H,17,18). The first-order valence-corrected chi connectivity index (χ1v) is 8.21. The van der Waals surface area contributed by atoms with E-state index in [-0.39, 0.29) is 11.4 Å². The molecule has 0 aromatic rings. The Morgan fingerprint density at radius 2 is 2.05 bits per heavy atom. The molecule has 0 spiro atoms. The second-order valence-corrected chi connectivity index (χ2v) is 7.31. The van der Waals surface area contributed by atoms with Crippen LogP contribution in [0, 0.1) is 0 Å². The zero-order valence-electron chi connectivity index (χ0n) is 12.2. The summed E-state index contributed by atoms with van der Waals surface area (Å²) in [5.41, 5.74) is -0.776. The lowest BCUT2D eigenvalue weighted by atomic mass is 9.95. The number of carbonyl (C=O) groups is 1. The van der Waals surface area contributed by atoms with Crippen LogP contribution in [-0.2, 0) is 4.79 Å². The third-order valence-electron chi connectivity index (χ3n) is 3.70. The maximum absolute atomic E-state index is 11.3. The molecule has 0 aromatic carbocycles. The molecule has 112 valence electrons. The predicted octanol–water partition coefficient (Wildman–Crippen LogP) is 2.25. The predicted molar refractivity (Wildman–Crippen MR) is 79.7 cm³/mol. The monoisotopic (exact) mass is 289 g/mol. The molecule has 0 aliphatic heterocycles. The molecular formula is C14H27NO3S. The number of hydrogen-bond donors (Lipinski definition) is 3. The summed E-state index contributed by atoms with van der Waals surface area (Å²) in [5, 5.41) is 22.2. The number of carboxylic acid groups (broad SMARTS) is 1. The number of nitrogens with one attached hydrogen (secondary N) is 1. The molecule has 0 saturated heterocycles. The Labute approximate surface area is 120 Å². The quantitative estimate of drug-likeness (QED) is 0.538. The molecule has 0 heterocycles. The largest absolute Gasteiger partial charge is 0.480 e. The Morgan fingerprint density at radius 3 is 2.53 bits per heavy atom. The van der Waals surface area contributed by atoms with Gasteiger partial charge in [-0.1, -0.05) is 13.3 Å². The van der Waals surface area contributed by atoms with E-state index in [0.29, 0.717) is 12.5 Å². The molecule has 1 aliphatic carbocycles. The van der Waals surface area contributed by atoms with Crippen LogP contribution in [-0.4, -0.2) is 44.9 Å². The highest BCUT2D eigenvalue weighted by Gasteiger charge is 2.37. The zero-order chi connectivity index (χ0) is 14.5. The normalized spacial score (nSPS) is 21.7. The number of carboxylic acids is 1. The summed E-state index contributed by atoms with van der Waals surface area (Å²) >= 11 is 1.75. The summed E-state index contributed by atoms with van der Waals surface area (Å²) in [6.45, 7) is 5.61. The second-order valence-electron chi connectivity index (χ2n) is 5.83. The number of aliphatic carboxylic acids is 1. The van der Waals surface area contributed by atoms with Gasteiger partial charge in [-0.2, -0.15) is 11.8 Å². The molecule has 0 aromatic heterocycles. The number of hydrogen-bond acceptors (Lipinski definition) is 4. The van der Waals surface area contributed by atoms with E-state index < -0.39 is 11.5 Å². The van der Waals surface area contributed by atoms with E-state index >= 15 is 0 Å². The molecule has 0 amide bonds. The lowest BCUT2D eigenvalue weighted by Crippen LogP contribution is -2.50. The van der Waals surface area contributed by atoms with E-state index in [0.717, 1.165) is 31.4 Å². The van der Waals surface area contributed by atoms with E-state index in [4.69, 9.17) is 0 Å². The molecule has 0 bridgehead atoms. The maximum Gasteiger partial charge on any atom is 0.323 e.